The van der Waals surface area contributed by atoms with Gasteiger partial charge in [-0.2, -0.15) is 0 Å². The van der Waals surface area contributed by atoms with Crippen molar-refractivity contribution in [1.29, 1.82) is 0 Å². The molecule has 4 N–H and O–H groups in total. The molecule has 8 heteroatoms. The number of carbonyl (C=O) groups excluding carboxylic acids is 2. The molecule has 17 heavy (non-hydrogen) atoms. The van der Waals surface area contributed by atoms with Crippen LogP contribution < -0.4 is 5.32 Å². The lowest BCUT2D eigenvalue weighted by Crippen LogP contribution is -2.52. The van der Waals surface area contributed by atoms with Crippen LogP contribution in [0.5, 0.6) is 0 Å². The quantitative estimate of drug-likeness (QED) is 0.407. The second kappa shape index (κ2) is 3.91. The molecule has 0 aromatic rings. The number of carbonyl (C=O) groups is 2. The van der Waals surface area contributed by atoms with E-state index < -0.39 is 42.7 Å². The van der Waals surface area contributed by atoms with E-state index in [0.29, 0.717) is 0 Å². The Hall–Kier alpha value is -1.22. The van der Waals surface area contributed by atoms with E-state index in [-0.39, 0.29) is 6.42 Å². The summed E-state index contributed by atoms with van der Waals surface area (Å²) in [7, 11) is 0. The molecule has 0 spiro atoms. The molecule has 0 unspecified atom stereocenters. The molecule has 2 rings (SSSR count). The van der Waals surface area contributed by atoms with Gasteiger partial charge in [0.15, 0.2) is 0 Å². The maximum atomic E-state index is 11.5. The van der Waals surface area contributed by atoms with Crippen LogP contribution in [0.3, 0.4) is 0 Å². The van der Waals surface area contributed by atoms with E-state index in [1.54, 1.807) is 0 Å². The molecule has 96 valence electrons. The smallest absolute Gasteiger partial charge is 0.328 e. The lowest BCUT2D eigenvalue weighted by atomic mass is 10.1. The monoisotopic (exact) mass is 246 g/mol. The largest absolute Gasteiger partial charge is 0.394 e. The highest BCUT2D eigenvalue weighted by atomic mass is 16.6. The number of ether oxygens (including phenoxy) is 1. The molecule has 2 aliphatic heterocycles. The molecule has 8 nitrogen and oxygen atoms in total. The van der Waals surface area contributed by atoms with E-state index in [2.05, 4.69) is 0 Å². The third-order valence-corrected chi connectivity index (χ3v) is 3.01. The van der Waals surface area contributed by atoms with Crippen LogP contribution in [0.1, 0.15) is 13.3 Å². The summed E-state index contributed by atoms with van der Waals surface area (Å²) < 4.78 is 5.21. The minimum Gasteiger partial charge on any atom is -0.394 e. The van der Waals surface area contributed by atoms with Crippen LogP contribution in [-0.2, 0) is 9.53 Å². The fourth-order valence-electron chi connectivity index (χ4n) is 2.03. The fraction of sp³-hybridized carbons (Fsp3) is 0.778. The minimum absolute atomic E-state index is 0.0298. The molecule has 0 aliphatic carbocycles. The summed E-state index contributed by atoms with van der Waals surface area (Å²) in [4.78, 5) is 23.6. The predicted molar refractivity (Wildman–Crippen MR) is 52.4 cm³/mol. The van der Waals surface area contributed by atoms with Crippen LogP contribution in [0.25, 0.3) is 0 Å². The van der Waals surface area contributed by atoms with Crippen molar-refractivity contribution in [2.24, 2.45) is 0 Å². The average molecular weight is 246 g/mol. The number of amides is 3. The second-order valence-corrected chi connectivity index (χ2v) is 4.26. The summed E-state index contributed by atoms with van der Waals surface area (Å²) in [6.45, 7) is 0.762. The molecule has 0 radical (unpaired) electrons. The molecule has 2 heterocycles. The van der Waals surface area contributed by atoms with E-state index in [1.165, 1.54) is 0 Å². The van der Waals surface area contributed by atoms with Gasteiger partial charge in [0, 0.05) is 6.42 Å². The Balaban J connectivity index is 2.18. The maximum absolute atomic E-state index is 11.5. The first kappa shape index (κ1) is 12.2. The number of nitrogens with one attached hydrogen (secondary N) is 1. The van der Waals surface area contributed by atoms with Gasteiger partial charge in [-0.15, -0.1) is 0 Å². The van der Waals surface area contributed by atoms with Gasteiger partial charge in [0.2, 0.25) is 5.72 Å². The molecular formula is C9H14N2O6. The van der Waals surface area contributed by atoms with Gasteiger partial charge >= 0.3 is 6.03 Å². The van der Waals surface area contributed by atoms with Crippen molar-refractivity contribution in [3.8, 4) is 0 Å². The summed E-state index contributed by atoms with van der Waals surface area (Å²) in [5.74, 6) is -0.840. The van der Waals surface area contributed by atoms with E-state index in [4.69, 9.17) is 9.84 Å². The summed E-state index contributed by atoms with van der Waals surface area (Å²) in [5.41, 5.74) is -2.01. The van der Waals surface area contributed by atoms with Crippen molar-refractivity contribution < 1.29 is 29.6 Å². The number of aliphatic hydroxyl groups excluding tert-OH is 2. The van der Waals surface area contributed by atoms with Gasteiger partial charge in [0.1, 0.15) is 12.3 Å². The standard InChI is InChI=1S/C9H14N2O6/c1-9(16)7(14)10-8(15)11(9)6-2-4(13)5(3-12)17-6/h4-6,12-13,16H,2-3H2,1H3,(H,10,14,15)/t4-,5+,6+,9+/m0/s1. The molecule has 0 bridgehead atoms. The van der Waals surface area contributed by atoms with Crippen molar-refractivity contribution in [2.75, 3.05) is 6.61 Å². The highest BCUT2D eigenvalue weighted by molar-refractivity contribution is 6.05. The zero-order valence-corrected chi connectivity index (χ0v) is 9.16. The number of rotatable bonds is 2. The van der Waals surface area contributed by atoms with Gasteiger partial charge in [-0.3, -0.25) is 15.0 Å². The lowest BCUT2D eigenvalue weighted by molar-refractivity contribution is -0.164. The number of hydrogen-bond donors (Lipinski definition) is 4. The number of urea groups is 1. The molecule has 0 aromatic carbocycles. The number of aliphatic hydroxyl groups is 3. The van der Waals surface area contributed by atoms with Crippen LogP contribution in [-0.4, -0.2) is 62.9 Å². The third-order valence-electron chi connectivity index (χ3n) is 3.01. The molecule has 2 saturated heterocycles. The molecule has 3 amide bonds. The Morgan fingerprint density at radius 3 is 2.65 bits per heavy atom. The molecule has 2 aliphatic rings. The second-order valence-electron chi connectivity index (χ2n) is 4.26. The van der Waals surface area contributed by atoms with E-state index >= 15 is 0 Å². The van der Waals surface area contributed by atoms with Gasteiger partial charge in [-0.05, 0) is 6.92 Å². The normalized spacial score (nSPS) is 42.1. The predicted octanol–water partition coefficient (Wildman–Crippen LogP) is -2.29. The van der Waals surface area contributed by atoms with Gasteiger partial charge in [-0.25, -0.2) is 4.79 Å². The number of nitrogens with zero attached hydrogens (tertiary/aromatic N) is 1. The molecule has 0 aromatic heterocycles. The molecular weight excluding hydrogens is 232 g/mol. The van der Waals surface area contributed by atoms with Crippen molar-refractivity contribution in [1.82, 2.24) is 10.2 Å². The number of hydrogen-bond acceptors (Lipinski definition) is 6. The van der Waals surface area contributed by atoms with Crippen molar-refractivity contribution in [3.63, 3.8) is 0 Å². The summed E-state index contributed by atoms with van der Waals surface area (Å²) in [6.07, 6.45) is -2.67. The molecule has 2 fully saturated rings. The van der Waals surface area contributed by atoms with Crippen LogP contribution >= 0.6 is 0 Å². The Bertz CT molecular complexity index is 357. The zero-order chi connectivity index (χ0) is 12.8. The first-order valence-corrected chi connectivity index (χ1v) is 5.19. The summed E-state index contributed by atoms with van der Waals surface area (Å²) in [5, 5.41) is 30.3. The Morgan fingerprint density at radius 2 is 2.24 bits per heavy atom. The Labute approximate surface area is 96.8 Å². The fourth-order valence-corrected chi connectivity index (χ4v) is 2.03. The topological polar surface area (TPSA) is 119 Å². The zero-order valence-electron chi connectivity index (χ0n) is 9.16. The lowest BCUT2D eigenvalue weighted by Gasteiger charge is -2.31. The Kier molecular flexibility index (Phi) is 2.82. The van der Waals surface area contributed by atoms with E-state index in [1.807, 2.05) is 5.32 Å². The van der Waals surface area contributed by atoms with Crippen LogP contribution in [0.4, 0.5) is 4.79 Å². The van der Waals surface area contributed by atoms with Gasteiger partial charge in [0.25, 0.3) is 5.91 Å². The third kappa shape index (κ3) is 1.78. The van der Waals surface area contributed by atoms with Crippen molar-refractivity contribution in [3.05, 3.63) is 0 Å². The van der Waals surface area contributed by atoms with Gasteiger partial charge in [0.05, 0.1) is 12.7 Å². The Morgan fingerprint density at radius 1 is 1.59 bits per heavy atom. The van der Waals surface area contributed by atoms with E-state index in [0.717, 1.165) is 11.8 Å². The SMILES string of the molecule is C[C@@]1(O)C(=O)NC(=O)N1[C@H]1C[C@H](O)[C@@H](CO)O1. The average Bonchev–Trinajstić information content (AvgIpc) is 2.66. The highest BCUT2D eigenvalue weighted by Crippen LogP contribution is 2.30. The van der Waals surface area contributed by atoms with Crippen molar-refractivity contribution >= 4 is 11.9 Å². The summed E-state index contributed by atoms with van der Waals surface area (Å²) in [6, 6.07) is -0.782. The first-order valence-electron chi connectivity index (χ1n) is 5.19. The molecule has 0 saturated carbocycles. The molecule has 4 atom stereocenters. The number of imide groups is 1. The summed E-state index contributed by atoms with van der Waals surface area (Å²) >= 11 is 0. The maximum Gasteiger partial charge on any atom is 0.328 e. The first-order chi connectivity index (χ1) is 7.87. The highest BCUT2D eigenvalue weighted by Gasteiger charge is 2.54. The van der Waals surface area contributed by atoms with Gasteiger partial charge in [-0.1, -0.05) is 0 Å². The van der Waals surface area contributed by atoms with Gasteiger partial charge < -0.3 is 20.1 Å². The minimum atomic E-state index is -2.01. The van der Waals surface area contributed by atoms with Crippen LogP contribution in [0.2, 0.25) is 0 Å². The van der Waals surface area contributed by atoms with Crippen molar-refractivity contribution in [2.45, 2.75) is 37.5 Å². The van der Waals surface area contributed by atoms with Crippen LogP contribution in [0.15, 0.2) is 0 Å². The van der Waals surface area contributed by atoms with Crippen LogP contribution in [0, 0.1) is 0 Å². The van der Waals surface area contributed by atoms with E-state index in [9.17, 15) is 19.8 Å².